The van der Waals surface area contributed by atoms with Crippen LogP contribution >= 0.6 is 11.3 Å². The van der Waals surface area contributed by atoms with Crippen molar-refractivity contribution in [2.75, 3.05) is 6.61 Å². The molecular formula is C9H10O3S. The van der Waals surface area contributed by atoms with Crippen molar-refractivity contribution >= 4 is 17.3 Å². The maximum Gasteiger partial charge on any atom is 0.350 e. The second-order valence-corrected chi connectivity index (χ2v) is 3.89. The van der Waals surface area contributed by atoms with Crippen LogP contribution in [0.3, 0.4) is 0 Å². The van der Waals surface area contributed by atoms with Crippen molar-refractivity contribution in [1.29, 1.82) is 0 Å². The van der Waals surface area contributed by atoms with Crippen LogP contribution in [0, 0.1) is 6.92 Å². The molecular weight excluding hydrogens is 188 g/mol. The highest BCUT2D eigenvalue weighted by molar-refractivity contribution is 7.12. The van der Waals surface area contributed by atoms with Crippen molar-refractivity contribution in [2.45, 2.75) is 19.6 Å². The largest absolute Gasteiger partial charge is 0.431 e. The molecule has 1 unspecified atom stereocenters. The zero-order valence-corrected chi connectivity index (χ0v) is 8.10. The summed E-state index contributed by atoms with van der Waals surface area (Å²) in [6.07, 6.45) is 0.505. The summed E-state index contributed by atoms with van der Waals surface area (Å²) in [5.41, 5.74) is 1.09. The minimum atomic E-state index is -0.310. The maximum atomic E-state index is 11.4. The van der Waals surface area contributed by atoms with E-state index in [1.54, 1.807) is 0 Å². The molecule has 1 aromatic heterocycles. The summed E-state index contributed by atoms with van der Waals surface area (Å²) >= 11 is 1.40. The molecule has 0 N–H and O–H groups in total. The summed E-state index contributed by atoms with van der Waals surface area (Å²) in [6.45, 7) is 2.65. The molecule has 0 spiro atoms. The molecule has 13 heavy (non-hydrogen) atoms. The Morgan fingerprint density at radius 3 is 3.00 bits per heavy atom. The van der Waals surface area contributed by atoms with Gasteiger partial charge in [0.1, 0.15) is 4.88 Å². The fourth-order valence-corrected chi connectivity index (χ4v) is 1.80. The molecule has 0 aliphatic carbocycles. The normalized spacial score (nSPS) is 20.8. The summed E-state index contributed by atoms with van der Waals surface area (Å²) in [5.74, 6) is -0.275. The molecule has 1 atom stereocenters. The summed E-state index contributed by atoms with van der Waals surface area (Å²) in [7, 11) is 0. The van der Waals surface area contributed by atoms with Gasteiger partial charge in [-0.05, 0) is 23.9 Å². The molecule has 70 valence electrons. The van der Waals surface area contributed by atoms with Gasteiger partial charge < -0.3 is 9.47 Å². The monoisotopic (exact) mass is 198 g/mol. The first-order valence-corrected chi connectivity index (χ1v) is 5.01. The van der Waals surface area contributed by atoms with E-state index in [1.165, 1.54) is 11.3 Å². The highest BCUT2D eigenvalue weighted by Gasteiger charge is 2.23. The van der Waals surface area contributed by atoms with Gasteiger partial charge in [0.05, 0.1) is 6.61 Å². The number of hydrogen-bond donors (Lipinski definition) is 0. The van der Waals surface area contributed by atoms with Crippen molar-refractivity contribution in [1.82, 2.24) is 0 Å². The van der Waals surface area contributed by atoms with Crippen LogP contribution in [0.5, 0.6) is 0 Å². The van der Waals surface area contributed by atoms with Gasteiger partial charge in [0.2, 0.25) is 6.29 Å². The van der Waals surface area contributed by atoms with Gasteiger partial charge in [-0.25, -0.2) is 4.79 Å². The SMILES string of the molecule is Cc1csc(C(=O)OC2CCO2)c1. The zero-order valence-electron chi connectivity index (χ0n) is 7.28. The van der Waals surface area contributed by atoms with Crippen molar-refractivity contribution in [3.05, 3.63) is 21.9 Å². The van der Waals surface area contributed by atoms with E-state index in [9.17, 15) is 4.79 Å². The zero-order chi connectivity index (χ0) is 9.26. The number of carbonyl (C=O) groups excluding carboxylic acids is 1. The van der Waals surface area contributed by atoms with E-state index in [2.05, 4.69) is 0 Å². The number of esters is 1. The van der Waals surface area contributed by atoms with Crippen molar-refractivity contribution in [3.8, 4) is 0 Å². The molecule has 0 radical (unpaired) electrons. The molecule has 2 rings (SSSR count). The number of thiophene rings is 1. The van der Waals surface area contributed by atoms with Crippen LogP contribution in [0.2, 0.25) is 0 Å². The van der Waals surface area contributed by atoms with Crippen molar-refractivity contribution < 1.29 is 14.3 Å². The maximum absolute atomic E-state index is 11.4. The van der Waals surface area contributed by atoms with E-state index in [4.69, 9.17) is 9.47 Å². The summed E-state index contributed by atoms with van der Waals surface area (Å²) in [6, 6.07) is 1.83. The lowest BCUT2D eigenvalue weighted by molar-refractivity contribution is -0.184. The minimum absolute atomic E-state index is 0.275. The van der Waals surface area contributed by atoms with E-state index in [-0.39, 0.29) is 12.3 Å². The molecule has 1 fully saturated rings. The fourth-order valence-electron chi connectivity index (χ4n) is 1.02. The summed E-state index contributed by atoms with van der Waals surface area (Å²) < 4.78 is 10.0. The van der Waals surface area contributed by atoms with Gasteiger partial charge in [0, 0.05) is 6.42 Å². The Morgan fingerprint density at radius 2 is 2.54 bits per heavy atom. The number of ether oxygens (including phenoxy) is 2. The van der Waals surface area contributed by atoms with Crippen molar-refractivity contribution in [3.63, 3.8) is 0 Å². The lowest BCUT2D eigenvalue weighted by Crippen LogP contribution is -2.31. The Balaban J connectivity index is 1.96. The first kappa shape index (κ1) is 8.72. The van der Waals surface area contributed by atoms with E-state index in [0.29, 0.717) is 11.5 Å². The van der Waals surface area contributed by atoms with Crippen molar-refractivity contribution in [2.24, 2.45) is 0 Å². The minimum Gasteiger partial charge on any atom is -0.431 e. The molecule has 1 aliphatic rings. The van der Waals surface area contributed by atoms with Crippen LogP contribution < -0.4 is 0 Å². The third kappa shape index (κ3) is 1.89. The van der Waals surface area contributed by atoms with Crippen LogP contribution in [0.4, 0.5) is 0 Å². The summed E-state index contributed by atoms with van der Waals surface area (Å²) in [4.78, 5) is 12.0. The molecule has 0 aromatic carbocycles. The van der Waals surface area contributed by atoms with Crippen LogP contribution in [0.15, 0.2) is 11.4 Å². The van der Waals surface area contributed by atoms with Crippen LogP contribution in [-0.4, -0.2) is 18.9 Å². The molecule has 0 bridgehead atoms. The lowest BCUT2D eigenvalue weighted by Gasteiger charge is -2.25. The number of hydrogen-bond acceptors (Lipinski definition) is 4. The average Bonchev–Trinajstić information content (AvgIpc) is 2.44. The first-order chi connectivity index (χ1) is 6.25. The van der Waals surface area contributed by atoms with Crippen LogP contribution in [0.1, 0.15) is 21.7 Å². The molecule has 0 amide bonds. The third-order valence-electron chi connectivity index (χ3n) is 1.83. The van der Waals surface area contributed by atoms with E-state index in [0.717, 1.165) is 12.0 Å². The standard InChI is InChI=1S/C9H10O3S/c1-6-4-7(13-5-6)9(10)12-8-2-3-11-8/h4-5,8H,2-3H2,1H3. The van der Waals surface area contributed by atoms with E-state index in [1.807, 2.05) is 18.4 Å². The smallest absolute Gasteiger partial charge is 0.350 e. The molecule has 2 heterocycles. The highest BCUT2D eigenvalue weighted by Crippen LogP contribution is 2.19. The Kier molecular flexibility index (Phi) is 2.33. The van der Waals surface area contributed by atoms with E-state index < -0.39 is 0 Å². The second kappa shape index (κ2) is 3.47. The number of rotatable bonds is 2. The van der Waals surface area contributed by atoms with Crippen LogP contribution in [0.25, 0.3) is 0 Å². The molecule has 4 heteroatoms. The topological polar surface area (TPSA) is 35.5 Å². The molecule has 3 nitrogen and oxygen atoms in total. The van der Waals surface area contributed by atoms with Gasteiger partial charge in [-0.15, -0.1) is 11.3 Å². The van der Waals surface area contributed by atoms with Gasteiger partial charge in [-0.2, -0.15) is 0 Å². The molecule has 0 saturated carbocycles. The summed E-state index contributed by atoms with van der Waals surface area (Å²) in [5, 5.41) is 1.93. The number of aryl methyl sites for hydroxylation is 1. The van der Waals surface area contributed by atoms with E-state index >= 15 is 0 Å². The second-order valence-electron chi connectivity index (χ2n) is 2.98. The van der Waals surface area contributed by atoms with Gasteiger partial charge >= 0.3 is 5.97 Å². The fraction of sp³-hybridized carbons (Fsp3) is 0.444. The highest BCUT2D eigenvalue weighted by atomic mass is 32.1. The average molecular weight is 198 g/mol. The Hall–Kier alpha value is -0.870. The van der Waals surface area contributed by atoms with Gasteiger partial charge in [0.25, 0.3) is 0 Å². The lowest BCUT2D eigenvalue weighted by atomic mass is 10.3. The Bertz CT molecular complexity index is 314. The Morgan fingerprint density at radius 1 is 1.77 bits per heavy atom. The van der Waals surface area contributed by atoms with Crippen LogP contribution in [-0.2, 0) is 9.47 Å². The Labute approximate surface area is 80.3 Å². The molecule has 1 aliphatic heterocycles. The van der Waals surface area contributed by atoms with Gasteiger partial charge in [-0.1, -0.05) is 0 Å². The molecule has 1 saturated heterocycles. The van der Waals surface area contributed by atoms with Gasteiger partial charge in [-0.3, -0.25) is 0 Å². The predicted octanol–water partition coefficient (Wildman–Crippen LogP) is 1.96. The first-order valence-electron chi connectivity index (χ1n) is 4.13. The number of carbonyl (C=O) groups is 1. The van der Waals surface area contributed by atoms with Gasteiger partial charge in [0.15, 0.2) is 0 Å². The predicted molar refractivity (Wildman–Crippen MR) is 48.8 cm³/mol. The quantitative estimate of drug-likeness (QED) is 0.681. The third-order valence-corrected chi connectivity index (χ3v) is 2.86. The molecule has 1 aromatic rings.